The first kappa shape index (κ1) is 12.5. The molecule has 1 aliphatic heterocycles. The Morgan fingerprint density at radius 2 is 2.07 bits per heavy atom. The summed E-state index contributed by atoms with van der Waals surface area (Å²) in [6.07, 6.45) is 4.00. The number of nitrogens with zero attached hydrogens (tertiary/aromatic N) is 1. The van der Waals surface area contributed by atoms with Crippen LogP contribution in [0.1, 0.15) is 39.5 Å². The van der Waals surface area contributed by atoms with Gasteiger partial charge in [0, 0.05) is 6.54 Å². The lowest BCUT2D eigenvalue weighted by Crippen LogP contribution is -2.34. The van der Waals surface area contributed by atoms with E-state index < -0.39 is 0 Å². The van der Waals surface area contributed by atoms with Crippen LogP contribution in [0.15, 0.2) is 0 Å². The SMILES string of the molecule is CCCOC(=O)CCN1CCC(C)CC1. The number of carbonyl (C=O) groups excluding carboxylic acids is 1. The molecule has 1 saturated heterocycles. The van der Waals surface area contributed by atoms with Crippen LogP contribution in [0, 0.1) is 5.92 Å². The zero-order valence-electron chi connectivity index (χ0n) is 10.00. The molecule has 1 heterocycles. The van der Waals surface area contributed by atoms with Crippen LogP contribution >= 0.6 is 0 Å². The monoisotopic (exact) mass is 213 g/mol. The number of piperidine rings is 1. The van der Waals surface area contributed by atoms with Gasteiger partial charge < -0.3 is 9.64 Å². The Morgan fingerprint density at radius 1 is 1.40 bits per heavy atom. The van der Waals surface area contributed by atoms with Crippen LogP contribution in [-0.2, 0) is 9.53 Å². The van der Waals surface area contributed by atoms with Crippen molar-refractivity contribution in [3.05, 3.63) is 0 Å². The Hall–Kier alpha value is -0.570. The van der Waals surface area contributed by atoms with Crippen molar-refractivity contribution < 1.29 is 9.53 Å². The van der Waals surface area contributed by atoms with E-state index in [-0.39, 0.29) is 5.97 Å². The summed E-state index contributed by atoms with van der Waals surface area (Å²) in [5.74, 6) is 0.809. The average molecular weight is 213 g/mol. The van der Waals surface area contributed by atoms with Gasteiger partial charge in [-0.15, -0.1) is 0 Å². The summed E-state index contributed by atoms with van der Waals surface area (Å²) in [6.45, 7) is 8.03. The summed E-state index contributed by atoms with van der Waals surface area (Å²) >= 11 is 0. The van der Waals surface area contributed by atoms with Crippen LogP contribution in [0.3, 0.4) is 0 Å². The van der Waals surface area contributed by atoms with Crippen LogP contribution in [0.5, 0.6) is 0 Å². The molecule has 88 valence electrons. The van der Waals surface area contributed by atoms with Crippen molar-refractivity contribution in [1.82, 2.24) is 4.90 Å². The second-order valence-electron chi connectivity index (χ2n) is 4.49. The maximum atomic E-state index is 11.3. The largest absolute Gasteiger partial charge is 0.466 e. The van der Waals surface area contributed by atoms with Gasteiger partial charge >= 0.3 is 5.97 Å². The van der Waals surface area contributed by atoms with Gasteiger partial charge in [-0.05, 0) is 38.3 Å². The molecule has 0 aromatic carbocycles. The summed E-state index contributed by atoms with van der Waals surface area (Å²) in [7, 11) is 0. The van der Waals surface area contributed by atoms with Crippen LogP contribution in [0.2, 0.25) is 0 Å². The fraction of sp³-hybridized carbons (Fsp3) is 0.917. The van der Waals surface area contributed by atoms with Gasteiger partial charge in [0.15, 0.2) is 0 Å². The minimum atomic E-state index is -0.0459. The van der Waals surface area contributed by atoms with E-state index in [1.54, 1.807) is 0 Å². The number of rotatable bonds is 5. The molecule has 0 atom stereocenters. The Kier molecular flexibility index (Phi) is 5.69. The summed E-state index contributed by atoms with van der Waals surface area (Å²) in [6, 6.07) is 0. The smallest absolute Gasteiger partial charge is 0.307 e. The molecule has 0 N–H and O–H groups in total. The Balaban J connectivity index is 2.06. The molecule has 0 amide bonds. The molecule has 0 aliphatic carbocycles. The molecule has 3 heteroatoms. The minimum absolute atomic E-state index is 0.0459. The molecule has 0 spiro atoms. The van der Waals surface area contributed by atoms with Gasteiger partial charge in [-0.2, -0.15) is 0 Å². The molecule has 0 unspecified atom stereocenters. The molecule has 0 aromatic heterocycles. The number of hydrogen-bond donors (Lipinski definition) is 0. The van der Waals surface area contributed by atoms with E-state index in [0.717, 1.165) is 32.0 Å². The molecule has 0 radical (unpaired) electrons. The summed E-state index contributed by atoms with van der Waals surface area (Å²) in [5.41, 5.74) is 0. The lowest BCUT2D eigenvalue weighted by atomic mass is 9.99. The van der Waals surface area contributed by atoms with E-state index in [2.05, 4.69) is 11.8 Å². The van der Waals surface area contributed by atoms with Gasteiger partial charge in [0.1, 0.15) is 0 Å². The maximum Gasteiger partial charge on any atom is 0.307 e. The minimum Gasteiger partial charge on any atom is -0.466 e. The highest BCUT2D eigenvalue weighted by Gasteiger charge is 2.16. The topological polar surface area (TPSA) is 29.5 Å². The van der Waals surface area contributed by atoms with Crippen LogP contribution in [-0.4, -0.2) is 37.1 Å². The molecule has 0 aromatic rings. The average Bonchev–Trinajstić information content (AvgIpc) is 2.25. The first-order valence-corrected chi connectivity index (χ1v) is 6.10. The Labute approximate surface area is 92.8 Å². The maximum absolute atomic E-state index is 11.3. The molecule has 1 fully saturated rings. The third kappa shape index (κ3) is 5.17. The molecule has 0 saturated carbocycles. The summed E-state index contributed by atoms with van der Waals surface area (Å²) in [5, 5.41) is 0. The fourth-order valence-corrected chi connectivity index (χ4v) is 1.82. The molecule has 0 bridgehead atoms. The highest BCUT2D eigenvalue weighted by Crippen LogP contribution is 2.15. The lowest BCUT2D eigenvalue weighted by Gasteiger charge is -2.29. The quantitative estimate of drug-likeness (QED) is 0.655. The van der Waals surface area contributed by atoms with Gasteiger partial charge in [-0.25, -0.2) is 0 Å². The number of likely N-dealkylation sites (tertiary alicyclic amines) is 1. The van der Waals surface area contributed by atoms with Crippen molar-refractivity contribution in [3.8, 4) is 0 Å². The standard InChI is InChI=1S/C12H23NO2/c1-3-10-15-12(14)6-9-13-7-4-11(2)5-8-13/h11H,3-10H2,1-2H3. The van der Waals surface area contributed by atoms with Crippen molar-refractivity contribution in [2.75, 3.05) is 26.2 Å². The highest BCUT2D eigenvalue weighted by atomic mass is 16.5. The molecule has 1 aliphatic rings. The number of carbonyl (C=O) groups is 1. The number of ether oxygens (including phenoxy) is 1. The molecular weight excluding hydrogens is 190 g/mol. The van der Waals surface area contributed by atoms with Crippen LogP contribution in [0.4, 0.5) is 0 Å². The van der Waals surface area contributed by atoms with E-state index in [1.807, 2.05) is 6.92 Å². The molecule has 15 heavy (non-hydrogen) atoms. The lowest BCUT2D eigenvalue weighted by molar-refractivity contribution is -0.144. The first-order chi connectivity index (χ1) is 7.22. The summed E-state index contributed by atoms with van der Waals surface area (Å²) < 4.78 is 5.04. The zero-order chi connectivity index (χ0) is 11.1. The first-order valence-electron chi connectivity index (χ1n) is 6.10. The van der Waals surface area contributed by atoms with Crippen molar-refractivity contribution >= 4 is 5.97 Å². The van der Waals surface area contributed by atoms with Gasteiger partial charge in [0.2, 0.25) is 0 Å². The van der Waals surface area contributed by atoms with Gasteiger partial charge in [-0.1, -0.05) is 13.8 Å². The third-order valence-corrected chi connectivity index (χ3v) is 2.98. The van der Waals surface area contributed by atoms with E-state index in [9.17, 15) is 4.79 Å². The van der Waals surface area contributed by atoms with E-state index in [4.69, 9.17) is 4.74 Å². The zero-order valence-corrected chi connectivity index (χ0v) is 10.00. The number of hydrogen-bond acceptors (Lipinski definition) is 3. The fourth-order valence-electron chi connectivity index (χ4n) is 1.82. The highest BCUT2D eigenvalue weighted by molar-refractivity contribution is 5.69. The van der Waals surface area contributed by atoms with Crippen molar-refractivity contribution in [2.24, 2.45) is 5.92 Å². The third-order valence-electron chi connectivity index (χ3n) is 2.98. The van der Waals surface area contributed by atoms with Crippen molar-refractivity contribution in [3.63, 3.8) is 0 Å². The molecule has 1 rings (SSSR count). The Morgan fingerprint density at radius 3 is 2.67 bits per heavy atom. The van der Waals surface area contributed by atoms with Crippen LogP contribution < -0.4 is 0 Å². The second-order valence-corrected chi connectivity index (χ2v) is 4.49. The second kappa shape index (κ2) is 6.83. The van der Waals surface area contributed by atoms with Crippen LogP contribution in [0.25, 0.3) is 0 Å². The van der Waals surface area contributed by atoms with Crippen molar-refractivity contribution in [2.45, 2.75) is 39.5 Å². The summed E-state index contributed by atoms with van der Waals surface area (Å²) in [4.78, 5) is 13.6. The van der Waals surface area contributed by atoms with Gasteiger partial charge in [-0.3, -0.25) is 4.79 Å². The predicted octanol–water partition coefficient (Wildman–Crippen LogP) is 2.06. The van der Waals surface area contributed by atoms with Crippen molar-refractivity contribution in [1.29, 1.82) is 0 Å². The predicted molar refractivity (Wildman–Crippen MR) is 60.7 cm³/mol. The van der Waals surface area contributed by atoms with E-state index in [1.165, 1.54) is 12.8 Å². The molecule has 3 nitrogen and oxygen atoms in total. The number of esters is 1. The van der Waals surface area contributed by atoms with E-state index >= 15 is 0 Å². The van der Waals surface area contributed by atoms with E-state index in [0.29, 0.717) is 13.0 Å². The Bertz CT molecular complexity index is 186. The van der Waals surface area contributed by atoms with Gasteiger partial charge in [0.05, 0.1) is 13.0 Å². The molecular formula is C12H23NO2. The normalized spacial score (nSPS) is 19.1. The van der Waals surface area contributed by atoms with Gasteiger partial charge in [0.25, 0.3) is 0 Å².